The van der Waals surface area contributed by atoms with Gasteiger partial charge in [0.25, 0.3) is 0 Å². The highest BCUT2D eigenvalue weighted by atomic mass is 16.5. The average Bonchev–Trinajstić information content (AvgIpc) is 2.95. The third kappa shape index (κ3) is 2.94. The van der Waals surface area contributed by atoms with Gasteiger partial charge in [-0.1, -0.05) is 25.1 Å². The summed E-state index contributed by atoms with van der Waals surface area (Å²) < 4.78 is 5.65. The molecule has 1 fully saturated rings. The lowest BCUT2D eigenvalue weighted by atomic mass is 10.0. The number of likely N-dealkylation sites (N-methyl/N-ethyl adjacent to an activating group) is 1. The lowest BCUT2D eigenvalue weighted by molar-refractivity contribution is -0.135. The van der Waals surface area contributed by atoms with E-state index in [0.29, 0.717) is 13.0 Å². The molecule has 0 amide bonds. The van der Waals surface area contributed by atoms with Gasteiger partial charge < -0.3 is 4.74 Å². The molecule has 3 heteroatoms. The van der Waals surface area contributed by atoms with Crippen molar-refractivity contribution in [3.63, 3.8) is 0 Å². The van der Waals surface area contributed by atoms with Crippen molar-refractivity contribution in [1.29, 1.82) is 0 Å². The molecular weight excluding hydrogens is 250 g/mol. The second kappa shape index (κ2) is 6.06. The fraction of sp³-hybridized carbons (Fsp3) is 0.588. The van der Waals surface area contributed by atoms with Gasteiger partial charge in [0, 0.05) is 19.5 Å². The molecule has 1 aliphatic heterocycles. The number of hydrogen-bond acceptors (Lipinski definition) is 3. The van der Waals surface area contributed by atoms with Crippen LogP contribution in [0.3, 0.4) is 0 Å². The van der Waals surface area contributed by atoms with Gasteiger partial charge in [-0.15, -0.1) is 0 Å². The Kier molecular flexibility index (Phi) is 4.18. The van der Waals surface area contributed by atoms with Crippen molar-refractivity contribution in [3.8, 4) is 0 Å². The molecule has 0 saturated carbocycles. The number of fused-ring (bicyclic) bond motifs is 1. The number of carbonyl (C=O) groups excluding carboxylic acids is 1. The highest BCUT2D eigenvalue weighted by molar-refractivity contribution is 5.85. The fourth-order valence-corrected chi connectivity index (χ4v) is 3.23. The predicted octanol–water partition coefficient (Wildman–Crippen LogP) is 2.01. The number of ketones is 1. The van der Waals surface area contributed by atoms with E-state index in [1.807, 2.05) is 0 Å². The Balaban J connectivity index is 1.63. The van der Waals surface area contributed by atoms with Gasteiger partial charge in [0.05, 0.1) is 6.61 Å². The quantitative estimate of drug-likeness (QED) is 0.840. The van der Waals surface area contributed by atoms with Gasteiger partial charge in [-0.25, -0.2) is 0 Å². The van der Waals surface area contributed by atoms with Crippen molar-refractivity contribution in [3.05, 3.63) is 34.9 Å². The summed E-state index contributed by atoms with van der Waals surface area (Å²) in [6.07, 6.45) is 3.89. The molecule has 0 radical (unpaired) electrons. The molecule has 1 aromatic carbocycles. The zero-order valence-corrected chi connectivity index (χ0v) is 12.2. The minimum absolute atomic E-state index is 0.223. The first-order chi connectivity index (χ1) is 9.76. The van der Waals surface area contributed by atoms with E-state index in [1.165, 1.54) is 30.4 Å². The molecule has 1 heterocycles. The van der Waals surface area contributed by atoms with Crippen molar-refractivity contribution in [2.24, 2.45) is 0 Å². The molecule has 1 saturated heterocycles. The van der Waals surface area contributed by atoms with E-state index >= 15 is 0 Å². The van der Waals surface area contributed by atoms with E-state index in [0.717, 1.165) is 25.2 Å². The number of hydrogen-bond donors (Lipinski definition) is 0. The number of aryl methyl sites for hydroxylation is 2. The smallest absolute Gasteiger partial charge is 0.167 e. The molecule has 1 aromatic rings. The van der Waals surface area contributed by atoms with E-state index < -0.39 is 0 Å². The Morgan fingerprint density at radius 3 is 3.05 bits per heavy atom. The number of ether oxygens (including phenoxy) is 1. The van der Waals surface area contributed by atoms with Gasteiger partial charge in [0.2, 0.25) is 0 Å². The minimum Gasteiger partial charge on any atom is -0.368 e. The van der Waals surface area contributed by atoms with Crippen LogP contribution < -0.4 is 0 Å². The maximum atomic E-state index is 12.4. The molecule has 108 valence electrons. The average molecular weight is 273 g/mol. The summed E-state index contributed by atoms with van der Waals surface area (Å²) in [5.74, 6) is 0.223. The molecule has 20 heavy (non-hydrogen) atoms. The van der Waals surface area contributed by atoms with Crippen molar-refractivity contribution >= 4 is 5.78 Å². The number of Topliss-reactive ketones (excluding diaryl/α,β-unsaturated/α-hetero) is 1. The minimum atomic E-state index is -0.239. The number of benzene rings is 1. The molecule has 1 unspecified atom stereocenters. The van der Waals surface area contributed by atoms with E-state index in [2.05, 4.69) is 30.0 Å². The second-order valence-corrected chi connectivity index (χ2v) is 5.85. The standard InChI is InChI=1S/C17H23NO2/c1-2-18-8-9-20-17(12-18)16(19)11-13-6-7-14-4-3-5-15(14)10-13/h6-7,10,17H,2-5,8-9,11-12H2,1H3. The molecule has 0 N–H and O–H groups in total. The van der Waals surface area contributed by atoms with Crippen LogP contribution in [0.1, 0.15) is 30.0 Å². The molecule has 0 aromatic heterocycles. The fourth-order valence-electron chi connectivity index (χ4n) is 3.23. The highest BCUT2D eigenvalue weighted by Crippen LogP contribution is 2.23. The van der Waals surface area contributed by atoms with Gasteiger partial charge in [-0.05, 0) is 42.5 Å². The molecule has 0 spiro atoms. The SMILES string of the molecule is CCN1CCOC(C(=O)Cc2ccc3c(c2)CCC3)C1. The topological polar surface area (TPSA) is 29.5 Å². The number of carbonyl (C=O) groups is 1. The zero-order chi connectivity index (χ0) is 13.9. The third-order valence-corrected chi connectivity index (χ3v) is 4.50. The lowest BCUT2D eigenvalue weighted by Crippen LogP contribution is -2.46. The van der Waals surface area contributed by atoms with E-state index in [-0.39, 0.29) is 11.9 Å². The normalized spacial score (nSPS) is 22.8. The van der Waals surface area contributed by atoms with E-state index in [4.69, 9.17) is 4.74 Å². The molecule has 1 atom stereocenters. The summed E-state index contributed by atoms with van der Waals surface area (Å²) in [5.41, 5.74) is 4.05. The predicted molar refractivity (Wildman–Crippen MR) is 79.0 cm³/mol. The Labute approximate surface area is 120 Å². The Hall–Kier alpha value is -1.19. The third-order valence-electron chi connectivity index (χ3n) is 4.50. The highest BCUT2D eigenvalue weighted by Gasteiger charge is 2.25. The summed E-state index contributed by atoms with van der Waals surface area (Å²) in [4.78, 5) is 14.7. The van der Waals surface area contributed by atoms with Crippen molar-refractivity contribution in [2.45, 2.75) is 38.7 Å². The van der Waals surface area contributed by atoms with Crippen LogP contribution in [0.25, 0.3) is 0 Å². The maximum absolute atomic E-state index is 12.4. The zero-order valence-electron chi connectivity index (χ0n) is 12.2. The summed E-state index contributed by atoms with van der Waals surface area (Å²) in [6.45, 7) is 5.49. The van der Waals surface area contributed by atoms with Gasteiger partial charge in [-0.3, -0.25) is 9.69 Å². The van der Waals surface area contributed by atoms with Crippen molar-refractivity contribution in [2.75, 3.05) is 26.2 Å². The van der Waals surface area contributed by atoms with Crippen LogP contribution in [-0.2, 0) is 28.8 Å². The molecule has 3 rings (SSSR count). The Bertz CT molecular complexity index is 498. The molecule has 3 nitrogen and oxygen atoms in total. The second-order valence-electron chi connectivity index (χ2n) is 5.85. The summed E-state index contributed by atoms with van der Waals surface area (Å²) in [7, 11) is 0. The van der Waals surface area contributed by atoms with Crippen LogP contribution in [0.2, 0.25) is 0 Å². The number of nitrogens with zero attached hydrogens (tertiary/aromatic N) is 1. The molecule has 2 aliphatic rings. The maximum Gasteiger partial charge on any atom is 0.167 e. The van der Waals surface area contributed by atoms with Crippen LogP contribution >= 0.6 is 0 Å². The van der Waals surface area contributed by atoms with Crippen molar-refractivity contribution < 1.29 is 9.53 Å². The van der Waals surface area contributed by atoms with E-state index in [9.17, 15) is 4.79 Å². The van der Waals surface area contributed by atoms with Crippen molar-refractivity contribution in [1.82, 2.24) is 4.90 Å². The van der Waals surface area contributed by atoms with Crippen LogP contribution in [0.4, 0.5) is 0 Å². The summed E-state index contributed by atoms with van der Waals surface area (Å²) in [5, 5.41) is 0. The van der Waals surface area contributed by atoms with Gasteiger partial charge >= 0.3 is 0 Å². The lowest BCUT2D eigenvalue weighted by Gasteiger charge is -2.31. The van der Waals surface area contributed by atoms with Gasteiger partial charge in [-0.2, -0.15) is 0 Å². The van der Waals surface area contributed by atoms with Gasteiger partial charge in [0.1, 0.15) is 6.10 Å². The van der Waals surface area contributed by atoms with Crippen LogP contribution in [0, 0.1) is 0 Å². The monoisotopic (exact) mass is 273 g/mol. The van der Waals surface area contributed by atoms with Crippen LogP contribution in [0.5, 0.6) is 0 Å². The van der Waals surface area contributed by atoms with Gasteiger partial charge in [0.15, 0.2) is 5.78 Å². The molecule has 1 aliphatic carbocycles. The first-order valence-corrected chi connectivity index (χ1v) is 7.73. The van der Waals surface area contributed by atoms with E-state index in [1.54, 1.807) is 0 Å². The Morgan fingerprint density at radius 1 is 1.35 bits per heavy atom. The summed E-state index contributed by atoms with van der Waals surface area (Å²) >= 11 is 0. The first kappa shape index (κ1) is 13.8. The first-order valence-electron chi connectivity index (χ1n) is 7.73. The molecular formula is C17H23NO2. The van der Waals surface area contributed by atoms with Crippen LogP contribution in [-0.4, -0.2) is 43.0 Å². The Morgan fingerprint density at radius 2 is 2.20 bits per heavy atom. The summed E-state index contributed by atoms with van der Waals surface area (Å²) in [6, 6.07) is 6.54. The molecule has 0 bridgehead atoms. The number of morpholine rings is 1. The largest absolute Gasteiger partial charge is 0.368 e. The number of rotatable bonds is 4. The van der Waals surface area contributed by atoms with Crippen LogP contribution in [0.15, 0.2) is 18.2 Å².